The summed E-state index contributed by atoms with van der Waals surface area (Å²) in [6.07, 6.45) is 1.68. The summed E-state index contributed by atoms with van der Waals surface area (Å²) in [4.78, 5) is 7.19. The Morgan fingerprint density at radius 1 is 1.18 bits per heavy atom. The molecular formula is C23H20ClF2N3O4S. The maximum absolute atomic E-state index is 15.2. The maximum Gasteiger partial charge on any atom is 0.360 e. The highest BCUT2D eigenvalue weighted by atomic mass is 35.5. The van der Waals surface area contributed by atoms with E-state index < -0.39 is 39.3 Å². The summed E-state index contributed by atoms with van der Waals surface area (Å²) >= 11 is 5.94. The number of halogens is 3. The number of aromatic nitrogens is 2. The summed E-state index contributed by atoms with van der Waals surface area (Å²) in [6.45, 7) is 1.60. The quantitative estimate of drug-likeness (QED) is 0.299. The predicted molar refractivity (Wildman–Crippen MR) is 126 cm³/mol. The topological polar surface area (TPSA) is 104 Å². The molecule has 0 spiro atoms. The molecule has 0 aliphatic carbocycles. The van der Waals surface area contributed by atoms with Crippen molar-refractivity contribution in [2.75, 3.05) is 11.3 Å². The molecule has 0 radical (unpaired) electrons. The molecule has 0 aliphatic rings. The normalized spacial score (nSPS) is 12.7. The van der Waals surface area contributed by atoms with Gasteiger partial charge in [0.25, 0.3) is 0 Å². The van der Waals surface area contributed by atoms with Crippen molar-refractivity contribution in [2.45, 2.75) is 19.4 Å². The largest absolute Gasteiger partial charge is 0.383 e. The molecule has 0 saturated carbocycles. The summed E-state index contributed by atoms with van der Waals surface area (Å²) in [7, 11) is -4.32. The fourth-order valence-electron chi connectivity index (χ4n) is 3.46. The Morgan fingerprint density at radius 3 is 2.62 bits per heavy atom. The summed E-state index contributed by atoms with van der Waals surface area (Å²) in [5.74, 6) is -2.30. The van der Waals surface area contributed by atoms with Crippen LogP contribution in [0.2, 0.25) is 5.02 Å². The number of hydrogen-bond acceptors (Lipinski definition) is 5. The van der Waals surface area contributed by atoms with Crippen LogP contribution in [0, 0.1) is 11.6 Å². The molecule has 1 atom stereocenters. The Hall–Kier alpha value is -3.05. The number of aliphatic hydroxyl groups excluding tert-OH is 1. The van der Waals surface area contributed by atoms with Gasteiger partial charge in [-0.3, -0.25) is 8.91 Å². The first-order valence-electron chi connectivity index (χ1n) is 10.3. The lowest BCUT2D eigenvalue weighted by Gasteiger charge is -2.16. The number of rotatable bonds is 8. The minimum atomic E-state index is -4.32. The van der Waals surface area contributed by atoms with Gasteiger partial charge in [-0.15, -0.1) is 0 Å². The number of aliphatic hydroxyl groups is 1. The average Bonchev–Trinajstić information content (AvgIpc) is 3.23. The maximum atomic E-state index is 15.2. The Balaban J connectivity index is 1.74. The number of nitrogens with one attached hydrogen (secondary N) is 2. The van der Waals surface area contributed by atoms with Crippen molar-refractivity contribution in [1.82, 2.24) is 9.97 Å². The van der Waals surface area contributed by atoms with Crippen molar-refractivity contribution < 1.29 is 26.5 Å². The number of anilines is 1. The number of H-pyrrole nitrogens is 1. The molecule has 0 amide bonds. The van der Waals surface area contributed by atoms with E-state index in [2.05, 4.69) is 14.2 Å². The third-order valence-electron chi connectivity index (χ3n) is 5.11. The smallest absolute Gasteiger partial charge is 0.360 e. The number of hydrogen-bond donors (Lipinski definition) is 3. The van der Waals surface area contributed by atoms with Gasteiger partial charge in [0.2, 0.25) is 0 Å². The molecule has 34 heavy (non-hydrogen) atoms. The van der Waals surface area contributed by atoms with Gasteiger partial charge in [-0.1, -0.05) is 30.7 Å². The van der Waals surface area contributed by atoms with Gasteiger partial charge in [-0.2, -0.15) is 8.42 Å². The Kier molecular flexibility index (Phi) is 6.85. The van der Waals surface area contributed by atoms with E-state index in [-0.39, 0.29) is 12.2 Å². The number of fused-ring (bicyclic) bond motifs is 1. The molecule has 2 aromatic heterocycles. The van der Waals surface area contributed by atoms with Crippen molar-refractivity contribution in [2.24, 2.45) is 0 Å². The van der Waals surface area contributed by atoms with E-state index >= 15 is 4.39 Å². The first-order chi connectivity index (χ1) is 16.2. The molecular weight excluding hydrogens is 488 g/mol. The third-order valence-corrected chi connectivity index (χ3v) is 6.31. The Labute approximate surface area is 199 Å². The second-order valence-electron chi connectivity index (χ2n) is 7.47. The second-order valence-corrected chi connectivity index (χ2v) is 9.26. The molecule has 0 bridgehead atoms. The van der Waals surface area contributed by atoms with Crippen LogP contribution in [-0.2, 0) is 14.5 Å². The fraction of sp³-hybridized carbons (Fsp3) is 0.174. The molecule has 3 N–H and O–H groups in total. The zero-order valence-corrected chi connectivity index (χ0v) is 19.4. The van der Waals surface area contributed by atoms with Gasteiger partial charge in [-0.05, 0) is 42.3 Å². The summed E-state index contributed by atoms with van der Waals surface area (Å²) in [6, 6.07) is 10.5. The van der Waals surface area contributed by atoms with Gasteiger partial charge < -0.3 is 10.1 Å². The zero-order chi connectivity index (χ0) is 24.5. The van der Waals surface area contributed by atoms with Crippen molar-refractivity contribution in [3.63, 3.8) is 0 Å². The molecule has 178 valence electrons. The minimum Gasteiger partial charge on any atom is -0.383 e. The first-order valence-corrected chi connectivity index (χ1v) is 12.0. The van der Waals surface area contributed by atoms with Gasteiger partial charge in [-0.25, -0.2) is 13.8 Å². The van der Waals surface area contributed by atoms with Crippen molar-refractivity contribution in [1.29, 1.82) is 0 Å². The average molecular weight is 508 g/mol. The standard InChI is InChI=1S/C23H20ClF2N3O4S/c1-2-9-33-34(31,32)29-19-8-7-18(25)20(21(19)26)22(30)17-12-28-23-16(17)10-14(11-27-23)13-3-5-15(24)6-4-13/h3-8,10-12,22,29-30H,2,9H2,1H3,(H,27,28). The molecule has 2 aromatic carbocycles. The van der Waals surface area contributed by atoms with Crippen molar-refractivity contribution >= 4 is 38.6 Å². The van der Waals surface area contributed by atoms with E-state index in [9.17, 15) is 17.9 Å². The number of aromatic amines is 1. The Morgan fingerprint density at radius 2 is 1.91 bits per heavy atom. The van der Waals surface area contributed by atoms with Crippen LogP contribution in [0.25, 0.3) is 22.2 Å². The van der Waals surface area contributed by atoms with E-state index in [0.717, 1.165) is 17.7 Å². The highest BCUT2D eigenvalue weighted by molar-refractivity contribution is 7.88. The summed E-state index contributed by atoms with van der Waals surface area (Å²) in [5.41, 5.74) is 0.810. The van der Waals surface area contributed by atoms with Crippen LogP contribution in [0.1, 0.15) is 30.6 Å². The lowest BCUT2D eigenvalue weighted by Crippen LogP contribution is -2.18. The van der Waals surface area contributed by atoms with Crippen LogP contribution in [-0.4, -0.2) is 30.1 Å². The lowest BCUT2D eigenvalue weighted by atomic mass is 9.98. The molecule has 2 heterocycles. The summed E-state index contributed by atoms with van der Waals surface area (Å²) < 4.78 is 60.4. The molecule has 0 aliphatic heterocycles. The number of benzene rings is 2. The van der Waals surface area contributed by atoms with Crippen molar-refractivity contribution in [3.8, 4) is 11.1 Å². The number of nitrogens with zero attached hydrogens (tertiary/aromatic N) is 1. The van der Waals surface area contributed by atoms with Crippen LogP contribution in [0.15, 0.2) is 54.9 Å². The van der Waals surface area contributed by atoms with Gasteiger partial charge in [0.15, 0.2) is 5.82 Å². The molecule has 4 rings (SSSR count). The highest BCUT2D eigenvalue weighted by Crippen LogP contribution is 2.35. The third kappa shape index (κ3) is 4.90. The van der Waals surface area contributed by atoms with E-state index in [1.165, 1.54) is 6.20 Å². The van der Waals surface area contributed by atoms with E-state index in [1.54, 1.807) is 43.5 Å². The van der Waals surface area contributed by atoms with Gasteiger partial charge >= 0.3 is 10.3 Å². The van der Waals surface area contributed by atoms with Gasteiger partial charge in [0.1, 0.15) is 17.6 Å². The highest BCUT2D eigenvalue weighted by Gasteiger charge is 2.26. The van der Waals surface area contributed by atoms with Crippen LogP contribution >= 0.6 is 11.6 Å². The van der Waals surface area contributed by atoms with Gasteiger partial charge in [0.05, 0.1) is 17.9 Å². The monoisotopic (exact) mass is 507 g/mol. The van der Waals surface area contributed by atoms with Crippen molar-refractivity contribution in [3.05, 3.63) is 82.6 Å². The minimum absolute atomic E-state index is 0.105. The van der Waals surface area contributed by atoms with E-state index in [4.69, 9.17) is 11.6 Å². The second kappa shape index (κ2) is 9.67. The van der Waals surface area contributed by atoms with Crippen LogP contribution < -0.4 is 4.72 Å². The van der Waals surface area contributed by atoms with Crippen LogP contribution in [0.5, 0.6) is 0 Å². The molecule has 11 heteroatoms. The fourth-order valence-corrected chi connectivity index (χ4v) is 4.46. The molecule has 0 fully saturated rings. The Bertz CT molecular complexity index is 1440. The molecule has 7 nitrogen and oxygen atoms in total. The van der Waals surface area contributed by atoms with E-state index in [1.807, 2.05) is 4.72 Å². The van der Waals surface area contributed by atoms with Crippen LogP contribution in [0.4, 0.5) is 14.5 Å². The number of pyridine rings is 1. The summed E-state index contributed by atoms with van der Waals surface area (Å²) in [5, 5.41) is 12.0. The van der Waals surface area contributed by atoms with E-state index in [0.29, 0.717) is 28.0 Å². The predicted octanol–water partition coefficient (Wildman–Crippen LogP) is 5.33. The molecule has 1 unspecified atom stereocenters. The SMILES string of the molecule is CCCOS(=O)(=O)Nc1ccc(F)c(C(O)c2c[nH]c3ncc(-c4ccc(Cl)cc4)cc23)c1F. The lowest BCUT2D eigenvalue weighted by molar-refractivity contribution is 0.210. The molecule has 0 saturated heterocycles. The zero-order valence-electron chi connectivity index (χ0n) is 17.8. The first kappa shape index (κ1) is 24.1. The van der Waals surface area contributed by atoms with Crippen LogP contribution in [0.3, 0.4) is 0 Å². The van der Waals surface area contributed by atoms with Gasteiger partial charge in [0, 0.05) is 33.9 Å². The molecule has 4 aromatic rings.